The molecule has 1 heterocycles. The second-order valence-electron chi connectivity index (χ2n) is 4.20. The van der Waals surface area contributed by atoms with Crippen molar-refractivity contribution in [2.45, 2.75) is 57.3 Å². The number of aliphatic hydroxyl groups excluding tert-OH is 1. The quantitative estimate of drug-likeness (QED) is 0.533. The SMILES string of the molecule is C#C[C@H](O)CCCCCOC1CCCCO1. The van der Waals surface area contributed by atoms with Crippen LogP contribution >= 0.6 is 0 Å². The molecule has 0 aromatic carbocycles. The van der Waals surface area contributed by atoms with E-state index < -0.39 is 6.10 Å². The Hall–Kier alpha value is -0.560. The van der Waals surface area contributed by atoms with Crippen molar-refractivity contribution in [2.75, 3.05) is 13.2 Å². The molecule has 1 fully saturated rings. The summed E-state index contributed by atoms with van der Waals surface area (Å²) in [5.74, 6) is 2.31. The van der Waals surface area contributed by atoms with Gasteiger partial charge < -0.3 is 14.6 Å². The summed E-state index contributed by atoms with van der Waals surface area (Å²) in [5.41, 5.74) is 0. The summed E-state index contributed by atoms with van der Waals surface area (Å²) in [5, 5.41) is 9.13. The first-order chi connectivity index (χ1) is 7.83. The summed E-state index contributed by atoms with van der Waals surface area (Å²) in [7, 11) is 0. The van der Waals surface area contributed by atoms with Gasteiger partial charge in [0, 0.05) is 13.2 Å². The lowest BCUT2D eigenvalue weighted by Gasteiger charge is -2.22. The number of rotatable bonds is 7. The van der Waals surface area contributed by atoms with Gasteiger partial charge in [0.15, 0.2) is 6.29 Å². The molecule has 1 saturated heterocycles. The van der Waals surface area contributed by atoms with Crippen molar-refractivity contribution >= 4 is 0 Å². The highest BCUT2D eigenvalue weighted by Crippen LogP contribution is 2.14. The van der Waals surface area contributed by atoms with Crippen LogP contribution in [-0.2, 0) is 9.47 Å². The second-order valence-corrected chi connectivity index (χ2v) is 4.20. The lowest BCUT2D eigenvalue weighted by molar-refractivity contribution is -0.162. The largest absolute Gasteiger partial charge is 0.380 e. The summed E-state index contributed by atoms with van der Waals surface area (Å²) in [4.78, 5) is 0. The molecule has 1 aliphatic rings. The van der Waals surface area contributed by atoms with Crippen LogP contribution in [0.3, 0.4) is 0 Å². The first-order valence-electron chi connectivity index (χ1n) is 6.20. The fourth-order valence-corrected chi connectivity index (χ4v) is 1.76. The Morgan fingerprint density at radius 1 is 1.38 bits per heavy atom. The van der Waals surface area contributed by atoms with Crippen LogP contribution < -0.4 is 0 Å². The molecule has 0 aromatic heterocycles. The van der Waals surface area contributed by atoms with Crippen LogP contribution in [0.2, 0.25) is 0 Å². The smallest absolute Gasteiger partial charge is 0.157 e. The molecule has 1 rings (SSSR count). The van der Waals surface area contributed by atoms with E-state index in [1.54, 1.807) is 0 Å². The number of hydrogen-bond acceptors (Lipinski definition) is 3. The number of terminal acetylenes is 1. The van der Waals surface area contributed by atoms with Gasteiger partial charge in [-0.1, -0.05) is 12.3 Å². The lowest BCUT2D eigenvalue weighted by Crippen LogP contribution is -2.22. The Morgan fingerprint density at radius 3 is 2.94 bits per heavy atom. The van der Waals surface area contributed by atoms with Gasteiger partial charge in [-0.3, -0.25) is 0 Å². The van der Waals surface area contributed by atoms with Gasteiger partial charge in [-0.25, -0.2) is 0 Å². The van der Waals surface area contributed by atoms with E-state index in [2.05, 4.69) is 5.92 Å². The zero-order valence-electron chi connectivity index (χ0n) is 9.86. The molecule has 0 amide bonds. The fraction of sp³-hybridized carbons (Fsp3) is 0.846. The van der Waals surface area contributed by atoms with Crippen LogP contribution in [0.4, 0.5) is 0 Å². The highest BCUT2D eigenvalue weighted by molar-refractivity contribution is 4.92. The summed E-state index contributed by atoms with van der Waals surface area (Å²) >= 11 is 0. The predicted octanol–water partition coefficient (Wildman–Crippen LogP) is 2.08. The Balaban J connectivity index is 1.86. The first kappa shape index (κ1) is 13.5. The van der Waals surface area contributed by atoms with E-state index in [-0.39, 0.29) is 6.29 Å². The third-order valence-corrected chi connectivity index (χ3v) is 2.76. The van der Waals surface area contributed by atoms with Crippen LogP contribution in [0.5, 0.6) is 0 Å². The standard InChI is InChI=1S/C13H22O3/c1-2-12(14)8-4-3-6-10-15-13-9-5-7-11-16-13/h1,12-14H,3-11H2/t12-,13?/m0/s1. The van der Waals surface area contributed by atoms with Gasteiger partial charge >= 0.3 is 0 Å². The van der Waals surface area contributed by atoms with Crippen molar-refractivity contribution in [3.05, 3.63) is 0 Å². The molecule has 92 valence electrons. The maximum atomic E-state index is 9.13. The molecule has 1 N–H and O–H groups in total. The molecule has 2 atom stereocenters. The lowest BCUT2D eigenvalue weighted by atomic mass is 10.1. The van der Waals surface area contributed by atoms with Crippen molar-refractivity contribution in [3.63, 3.8) is 0 Å². The van der Waals surface area contributed by atoms with E-state index in [0.717, 1.165) is 45.3 Å². The molecular formula is C13H22O3. The number of hydrogen-bond donors (Lipinski definition) is 1. The van der Waals surface area contributed by atoms with Crippen molar-refractivity contribution in [2.24, 2.45) is 0 Å². The maximum absolute atomic E-state index is 9.13. The average molecular weight is 226 g/mol. The molecule has 0 saturated carbocycles. The maximum Gasteiger partial charge on any atom is 0.157 e. The Bertz CT molecular complexity index is 204. The Labute approximate surface area is 98.1 Å². The Kier molecular flexibility index (Phi) is 7.24. The molecule has 0 bridgehead atoms. The minimum atomic E-state index is -0.581. The molecule has 0 radical (unpaired) electrons. The zero-order chi connectivity index (χ0) is 11.6. The molecule has 1 unspecified atom stereocenters. The third kappa shape index (κ3) is 6.12. The zero-order valence-corrected chi connectivity index (χ0v) is 9.86. The third-order valence-electron chi connectivity index (χ3n) is 2.76. The van der Waals surface area contributed by atoms with Gasteiger partial charge in [0.25, 0.3) is 0 Å². The highest BCUT2D eigenvalue weighted by Gasteiger charge is 2.13. The Morgan fingerprint density at radius 2 is 2.25 bits per heavy atom. The van der Waals surface area contributed by atoms with Crippen LogP contribution in [0, 0.1) is 12.3 Å². The molecule has 16 heavy (non-hydrogen) atoms. The van der Waals surface area contributed by atoms with E-state index in [1.807, 2.05) is 0 Å². The van der Waals surface area contributed by atoms with E-state index in [9.17, 15) is 0 Å². The van der Waals surface area contributed by atoms with E-state index in [4.69, 9.17) is 21.0 Å². The highest BCUT2D eigenvalue weighted by atomic mass is 16.7. The molecule has 0 spiro atoms. The van der Waals surface area contributed by atoms with Gasteiger partial charge in [0.2, 0.25) is 0 Å². The van der Waals surface area contributed by atoms with Crippen molar-refractivity contribution in [3.8, 4) is 12.3 Å². The molecule has 1 aliphatic heterocycles. The average Bonchev–Trinajstić information content (AvgIpc) is 2.34. The fourth-order valence-electron chi connectivity index (χ4n) is 1.76. The summed E-state index contributed by atoms with van der Waals surface area (Å²) in [6.45, 7) is 1.58. The topological polar surface area (TPSA) is 38.7 Å². The van der Waals surface area contributed by atoms with Gasteiger partial charge in [-0.15, -0.1) is 6.42 Å². The van der Waals surface area contributed by atoms with Crippen LogP contribution in [0.1, 0.15) is 44.9 Å². The van der Waals surface area contributed by atoms with Gasteiger partial charge in [-0.2, -0.15) is 0 Å². The van der Waals surface area contributed by atoms with Crippen LogP contribution in [0.15, 0.2) is 0 Å². The van der Waals surface area contributed by atoms with Crippen LogP contribution in [-0.4, -0.2) is 30.7 Å². The second kappa shape index (κ2) is 8.58. The number of ether oxygens (including phenoxy) is 2. The molecule has 3 nitrogen and oxygen atoms in total. The monoisotopic (exact) mass is 226 g/mol. The van der Waals surface area contributed by atoms with E-state index >= 15 is 0 Å². The van der Waals surface area contributed by atoms with E-state index in [0.29, 0.717) is 6.42 Å². The van der Waals surface area contributed by atoms with Crippen LogP contribution in [0.25, 0.3) is 0 Å². The van der Waals surface area contributed by atoms with Crippen molar-refractivity contribution in [1.82, 2.24) is 0 Å². The number of aliphatic hydroxyl groups is 1. The predicted molar refractivity (Wildman–Crippen MR) is 62.9 cm³/mol. The first-order valence-corrected chi connectivity index (χ1v) is 6.20. The summed E-state index contributed by atoms with van der Waals surface area (Å²) in [6, 6.07) is 0. The molecular weight excluding hydrogens is 204 g/mol. The van der Waals surface area contributed by atoms with Gasteiger partial charge in [-0.05, 0) is 38.5 Å². The van der Waals surface area contributed by atoms with Crippen molar-refractivity contribution in [1.29, 1.82) is 0 Å². The van der Waals surface area contributed by atoms with Gasteiger partial charge in [0.05, 0.1) is 0 Å². The van der Waals surface area contributed by atoms with Gasteiger partial charge in [0.1, 0.15) is 6.10 Å². The minimum absolute atomic E-state index is 0.0186. The molecule has 3 heteroatoms. The van der Waals surface area contributed by atoms with Crippen molar-refractivity contribution < 1.29 is 14.6 Å². The summed E-state index contributed by atoms with van der Waals surface area (Å²) < 4.78 is 11.0. The minimum Gasteiger partial charge on any atom is -0.380 e. The van der Waals surface area contributed by atoms with E-state index in [1.165, 1.54) is 6.42 Å². The molecule has 0 aliphatic carbocycles. The molecule has 0 aromatic rings. The number of unbranched alkanes of at least 4 members (excludes halogenated alkanes) is 2. The normalized spacial score (nSPS) is 22.6. The summed E-state index contributed by atoms with van der Waals surface area (Å²) in [6.07, 6.45) is 11.6.